The van der Waals surface area contributed by atoms with E-state index in [0.717, 1.165) is 34.9 Å². The first kappa shape index (κ1) is 16.3. The van der Waals surface area contributed by atoms with Gasteiger partial charge in [0.2, 0.25) is 0 Å². The Labute approximate surface area is 144 Å². The van der Waals surface area contributed by atoms with E-state index in [1.165, 1.54) is 11.3 Å². The molecule has 0 aliphatic carbocycles. The summed E-state index contributed by atoms with van der Waals surface area (Å²) >= 11 is 1.45. The third-order valence-electron chi connectivity index (χ3n) is 3.52. The molecule has 0 bridgehead atoms. The predicted molar refractivity (Wildman–Crippen MR) is 93.9 cm³/mol. The van der Waals surface area contributed by atoms with Gasteiger partial charge in [0.15, 0.2) is 0 Å². The Morgan fingerprint density at radius 3 is 2.42 bits per heavy atom. The molecule has 5 nitrogen and oxygen atoms in total. The van der Waals surface area contributed by atoms with E-state index in [4.69, 9.17) is 0 Å². The van der Waals surface area contributed by atoms with E-state index in [0.29, 0.717) is 11.4 Å². The molecule has 3 rings (SSSR count). The number of pyridine rings is 2. The van der Waals surface area contributed by atoms with Crippen molar-refractivity contribution >= 4 is 17.2 Å². The minimum absolute atomic E-state index is 0.0975. The fraction of sp³-hybridized carbons (Fsp3) is 0.222. The molecule has 6 heteroatoms. The van der Waals surface area contributed by atoms with Crippen LogP contribution in [-0.4, -0.2) is 20.9 Å². The van der Waals surface area contributed by atoms with Gasteiger partial charge in [0.25, 0.3) is 5.91 Å². The highest BCUT2D eigenvalue weighted by Gasteiger charge is 2.15. The Morgan fingerprint density at radius 2 is 1.75 bits per heavy atom. The van der Waals surface area contributed by atoms with E-state index in [1.54, 1.807) is 12.4 Å². The highest BCUT2D eigenvalue weighted by Crippen LogP contribution is 2.19. The average Bonchev–Trinajstić information content (AvgIpc) is 3.00. The van der Waals surface area contributed by atoms with Crippen molar-refractivity contribution in [3.8, 4) is 0 Å². The van der Waals surface area contributed by atoms with Crippen LogP contribution in [0.5, 0.6) is 0 Å². The highest BCUT2D eigenvalue weighted by molar-refractivity contribution is 7.13. The van der Waals surface area contributed by atoms with Crippen LogP contribution in [-0.2, 0) is 19.4 Å². The molecule has 0 unspecified atom stereocenters. The van der Waals surface area contributed by atoms with Crippen LogP contribution in [0, 0.1) is 6.92 Å². The summed E-state index contributed by atoms with van der Waals surface area (Å²) in [6.45, 7) is 2.29. The second-order valence-corrected chi connectivity index (χ2v) is 6.43. The summed E-state index contributed by atoms with van der Waals surface area (Å²) < 4.78 is 0. The molecule has 1 amide bonds. The van der Waals surface area contributed by atoms with Gasteiger partial charge in [-0.05, 0) is 37.6 Å². The third kappa shape index (κ3) is 4.23. The summed E-state index contributed by atoms with van der Waals surface area (Å²) in [6.07, 6.45) is 5.12. The van der Waals surface area contributed by atoms with Gasteiger partial charge in [0.05, 0.1) is 22.9 Å². The van der Waals surface area contributed by atoms with E-state index in [9.17, 15) is 4.79 Å². The predicted octanol–water partition coefficient (Wildman–Crippen LogP) is 2.96. The maximum Gasteiger partial charge on any atom is 0.263 e. The Balaban J connectivity index is 1.59. The van der Waals surface area contributed by atoms with Crippen LogP contribution in [0.3, 0.4) is 0 Å². The first-order chi connectivity index (χ1) is 11.7. The van der Waals surface area contributed by atoms with Crippen LogP contribution in [0.4, 0.5) is 0 Å². The lowest BCUT2D eigenvalue weighted by Crippen LogP contribution is -2.23. The number of carbonyl (C=O) groups excluding carboxylic acids is 1. The Kier molecular flexibility index (Phi) is 5.28. The first-order valence-corrected chi connectivity index (χ1v) is 8.58. The van der Waals surface area contributed by atoms with Crippen molar-refractivity contribution in [1.29, 1.82) is 0 Å². The van der Waals surface area contributed by atoms with Crippen LogP contribution in [0.25, 0.3) is 0 Å². The smallest absolute Gasteiger partial charge is 0.263 e. The number of carbonyl (C=O) groups is 1. The summed E-state index contributed by atoms with van der Waals surface area (Å²) in [5, 5.41) is 3.86. The molecule has 3 heterocycles. The number of nitrogens with one attached hydrogen (secondary N) is 1. The van der Waals surface area contributed by atoms with Crippen molar-refractivity contribution in [2.75, 3.05) is 0 Å². The molecule has 24 heavy (non-hydrogen) atoms. The molecule has 3 aromatic heterocycles. The normalized spacial score (nSPS) is 10.5. The Bertz CT molecular complexity index is 802. The van der Waals surface area contributed by atoms with E-state index in [2.05, 4.69) is 20.3 Å². The fourth-order valence-electron chi connectivity index (χ4n) is 2.30. The van der Waals surface area contributed by atoms with Gasteiger partial charge in [-0.3, -0.25) is 14.8 Å². The van der Waals surface area contributed by atoms with Gasteiger partial charge in [0, 0.05) is 24.5 Å². The number of hydrogen-bond acceptors (Lipinski definition) is 5. The lowest BCUT2D eigenvalue weighted by atomic mass is 10.2. The fourth-order valence-corrected chi connectivity index (χ4v) is 3.29. The van der Waals surface area contributed by atoms with Gasteiger partial charge in [0.1, 0.15) is 4.88 Å². The summed E-state index contributed by atoms with van der Waals surface area (Å²) in [5.74, 6) is -0.0975. The highest BCUT2D eigenvalue weighted by atomic mass is 32.1. The van der Waals surface area contributed by atoms with Crippen LogP contribution >= 0.6 is 11.3 Å². The first-order valence-electron chi connectivity index (χ1n) is 7.76. The quantitative estimate of drug-likeness (QED) is 0.750. The number of thiazole rings is 1. The maximum atomic E-state index is 12.3. The van der Waals surface area contributed by atoms with Gasteiger partial charge in [-0.15, -0.1) is 11.3 Å². The molecular formula is C18H18N4OS. The standard InChI is InChI=1S/C18H18N4OS/c1-13-17(18(23)21-12-15-7-3-5-11-20-15)24-16(22-13)9-8-14-6-2-4-10-19-14/h2-7,10-11H,8-9,12H2,1H3,(H,21,23). The van der Waals surface area contributed by atoms with Crippen molar-refractivity contribution in [2.24, 2.45) is 0 Å². The summed E-state index contributed by atoms with van der Waals surface area (Å²) in [6, 6.07) is 11.5. The van der Waals surface area contributed by atoms with Crippen molar-refractivity contribution in [2.45, 2.75) is 26.3 Å². The molecule has 1 N–H and O–H groups in total. The molecule has 0 atom stereocenters. The van der Waals surface area contributed by atoms with Gasteiger partial charge in [-0.2, -0.15) is 0 Å². The molecule has 0 aliphatic heterocycles. The number of hydrogen-bond donors (Lipinski definition) is 1. The zero-order valence-corrected chi connectivity index (χ0v) is 14.2. The SMILES string of the molecule is Cc1nc(CCc2ccccn2)sc1C(=O)NCc1ccccn1. The van der Waals surface area contributed by atoms with Crippen LogP contribution < -0.4 is 5.32 Å². The summed E-state index contributed by atoms with van der Waals surface area (Å²) in [5.41, 5.74) is 2.64. The molecule has 122 valence electrons. The zero-order chi connectivity index (χ0) is 16.8. The number of aryl methyl sites for hydroxylation is 3. The van der Waals surface area contributed by atoms with Gasteiger partial charge < -0.3 is 5.32 Å². The van der Waals surface area contributed by atoms with Gasteiger partial charge >= 0.3 is 0 Å². The maximum absolute atomic E-state index is 12.3. The van der Waals surface area contributed by atoms with E-state index >= 15 is 0 Å². The van der Waals surface area contributed by atoms with E-state index in [-0.39, 0.29) is 5.91 Å². The van der Waals surface area contributed by atoms with Crippen molar-refractivity contribution < 1.29 is 4.79 Å². The van der Waals surface area contributed by atoms with Gasteiger partial charge in [-0.1, -0.05) is 12.1 Å². The summed E-state index contributed by atoms with van der Waals surface area (Å²) in [4.78, 5) is 26.0. The van der Waals surface area contributed by atoms with Crippen LogP contribution in [0.2, 0.25) is 0 Å². The molecule has 0 aromatic carbocycles. The minimum atomic E-state index is -0.0975. The van der Waals surface area contributed by atoms with E-state index in [1.807, 2.05) is 43.3 Å². The Morgan fingerprint density at radius 1 is 1.04 bits per heavy atom. The Hall–Kier alpha value is -2.60. The average molecular weight is 338 g/mol. The summed E-state index contributed by atoms with van der Waals surface area (Å²) in [7, 11) is 0. The molecule has 3 aromatic rings. The second-order valence-electron chi connectivity index (χ2n) is 5.35. The number of rotatable bonds is 6. The number of nitrogens with zero attached hydrogens (tertiary/aromatic N) is 3. The van der Waals surface area contributed by atoms with Gasteiger partial charge in [-0.25, -0.2) is 4.98 Å². The number of aromatic nitrogens is 3. The van der Waals surface area contributed by atoms with Crippen LogP contribution in [0.1, 0.15) is 31.8 Å². The zero-order valence-electron chi connectivity index (χ0n) is 13.4. The lowest BCUT2D eigenvalue weighted by molar-refractivity contribution is 0.0953. The minimum Gasteiger partial charge on any atom is -0.346 e. The molecular weight excluding hydrogens is 320 g/mol. The van der Waals surface area contributed by atoms with Crippen molar-refractivity contribution in [1.82, 2.24) is 20.3 Å². The topological polar surface area (TPSA) is 67.8 Å². The molecule has 0 saturated heterocycles. The molecule has 0 fully saturated rings. The second kappa shape index (κ2) is 7.79. The van der Waals surface area contributed by atoms with Crippen molar-refractivity contribution in [3.05, 3.63) is 75.8 Å². The molecule has 0 saturated carbocycles. The van der Waals surface area contributed by atoms with E-state index < -0.39 is 0 Å². The largest absolute Gasteiger partial charge is 0.346 e. The van der Waals surface area contributed by atoms with Crippen molar-refractivity contribution in [3.63, 3.8) is 0 Å². The third-order valence-corrected chi connectivity index (χ3v) is 4.74. The number of amides is 1. The monoisotopic (exact) mass is 338 g/mol. The van der Waals surface area contributed by atoms with Crippen LogP contribution in [0.15, 0.2) is 48.8 Å². The molecule has 0 spiro atoms. The molecule has 0 radical (unpaired) electrons. The molecule has 0 aliphatic rings. The lowest BCUT2D eigenvalue weighted by Gasteiger charge is -2.03.